The van der Waals surface area contributed by atoms with Gasteiger partial charge in [-0.05, 0) is 0 Å². The van der Waals surface area contributed by atoms with Crippen molar-refractivity contribution < 1.29 is 37.1 Å². The van der Waals surface area contributed by atoms with E-state index in [1.54, 1.807) is 0 Å². The normalized spacial score (nSPS) is 21.4. The van der Waals surface area contributed by atoms with Gasteiger partial charge in [-0.25, -0.2) is 0 Å². The molecule has 0 unspecified atom stereocenters. The second-order valence-electron chi connectivity index (χ2n) is 0.715. The van der Waals surface area contributed by atoms with Gasteiger partial charge in [-0.2, -0.15) is 0 Å². The van der Waals surface area contributed by atoms with Crippen LogP contribution >= 0.6 is 0 Å². The van der Waals surface area contributed by atoms with Crippen LogP contribution in [0, 0.1) is 0 Å². The van der Waals surface area contributed by atoms with Crippen molar-refractivity contribution in [2.24, 2.45) is 0 Å². The Balaban J connectivity index is 0. The van der Waals surface area contributed by atoms with Gasteiger partial charge in [0.05, 0.1) is 0 Å². The molecule has 0 spiro atoms. The van der Waals surface area contributed by atoms with Crippen LogP contribution in [0.2, 0.25) is 0 Å². The first kappa shape index (κ1) is 11.6. The molecule has 0 amide bonds. The molecule has 1 fully saturated rings. The van der Waals surface area contributed by atoms with E-state index in [1.807, 2.05) is 0 Å². The van der Waals surface area contributed by atoms with Gasteiger partial charge >= 0.3 is 51.6 Å². The summed E-state index contributed by atoms with van der Waals surface area (Å²) in [6.45, 7) is 0. The summed E-state index contributed by atoms with van der Waals surface area (Å²) in [6.07, 6.45) is -2.25. The van der Waals surface area contributed by atoms with Crippen LogP contribution < -0.4 is 0 Å². The summed E-state index contributed by atoms with van der Waals surface area (Å²) >= 11 is 0. The monoisotopic (exact) mass is 224 g/mol. The standard InChI is InChI=1S/CH2O4.Fe.Sr.2H/c2-1(3)4-5-1;;;;/h2-3H;;;;. The molecule has 7 heavy (non-hydrogen) atoms. The minimum atomic E-state index is -2.25. The van der Waals surface area contributed by atoms with E-state index in [9.17, 15) is 0 Å². The Morgan fingerprint density at radius 2 is 1.29 bits per heavy atom. The molecule has 0 radical (unpaired) electrons. The molecule has 1 heterocycles. The molecule has 2 N–H and O–H groups in total. The quantitative estimate of drug-likeness (QED) is 0.208. The van der Waals surface area contributed by atoms with Gasteiger partial charge in [0.15, 0.2) is 0 Å². The molecule has 1 aliphatic rings. The summed E-state index contributed by atoms with van der Waals surface area (Å²) in [5.41, 5.74) is 0. The molecule has 0 aliphatic carbocycles. The predicted molar refractivity (Wildman–Crippen MR) is 17.9 cm³/mol. The van der Waals surface area contributed by atoms with Crippen molar-refractivity contribution in [2.75, 3.05) is 0 Å². The van der Waals surface area contributed by atoms with Crippen molar-refractivity contribution in [1.29, 1.82) is 0 Å². The zero-order chi connectivity index (χ0) is 3.91. The molecule has 0 bridgehead atoms. The van der Waals surface area contributed by atoms with Crippen molar-refractivity contribution in [3.05, 3.63) is 0 Å². The number of rotatable bonds is 0. The van der Waals surface area contributed by atoms with Gasteiger partial charge in [0, 0.05) is 17.1 Å². The molecule has 0 aromatic heterocycles. The molecule has 4 nitrogen and oxygen atoms in total. The molecule has 0 atom stereocenters. The molecule has 6 heteroatoms. The van der Waals surface area contributed by atoms with E-state index in [0.717, 1.165) is 0 Å². The Labute approximate surface area is 87.5 Å². The topological polar surface area (TPSA) is 65.5 Å². The van der Waals surface area contributed by atoms with Crippen LogP contribution in [0.5, 0.6) is 0 Å². The van der Waals surface area contributed by atoms with Crippen LogP contribution in [0.4, 0.5) is 0 Å². The van der Waals surface area contributed by atoms with Gasteiger partial charge in [-0.15, -0.1) is 9.78 Å². The third kappa shape index (κ3) is 5.72. The first-order valence-electron chi connectivity index (χ1n) is 1.02. The number of hydrogen-bond acceptors (Lipinski definition) is 4. The van der Waals surface area contributed by atoms with Crippen molar-refractivity contribution in [1.82, 2.24) is 0 Å². The molecule has 0 aromatic carbocycles. The molecular formula is CH4FeO4Sr. The second-order valence-corrected chi connectivity index (χ2v) is 0.715. The molecule has 1 saturated heterocycles. The maximum atomic E-state index is 7.74. The van der Waals surface area contributed by atoms with Crippen LogP contribution in [0.15, 0.2) is 0 Å². The van der Waals surface area contributed by atoms with Crippen LogP contribution in [0.1, 0.15) is 0 Å². The van der Waals surface area contributed by atoms with Crippen LogP contribution in [0.3, 0.4) is 0 Å². The van der Waals surface area contributed by atoms with E-state index in [4.69, 9.17) is 10.2 Å². The van der Waals surface area contributed by atoms with Crippen molar-refractivity contribution >= 4 is 45.5 Å². The number of hydrogen-bond donors (Lipinski definition) is 2. The Morgan fingerprint density at radius 3 is 1.29 bits per heavy atom. The first-order valence-corrected chi connectivity index (χ1v) is 1.02. The van der Waals surface area contributed by atoms with E-state index >= 15 is 0 Å². The molecule has 1 rings (SSSR count). The fraction of sp³-hybridized carbons (Fsp3) is 1.00. The molecule has 0 saturated carbocycles. The van der Waals surface area contributed by atoms with E-state index in [1.165, 1.54) is 0 Å². The van der Waals surface area contributed by atoms with E-state index in [-0.39, 0.29) is 62.6 Å². The summed E-state index contributed by atoms with van der Waals surface area (Å²) < 4.78 is 0. The van der Waals surface area contributed by atoms with Gasteiger partial charge in [-0.3, -0.25) is 0 Å². The second kappa shape index (κ2) is 3.79. The average molecular weight is 224 g/mol. The van der Waals surface area contributed by atoms with Gasteiger partial charge < -0.3 is 10.2 Å². The summed E-state index contributed by atoms with van der Waals surface area (Å²) in [6, 6.07) is 0. The number of aliphatic hydroxyl groups is 2. The fourth-order valence-electron chi connectivity index (χ4n) is 0.0373. The third-order valence-corrected chi connectivity index (χ3v) is 0.232. The fourth-order valence-corrected chi connectivity index (χ4v) is 0.0373. The predicted octanol–water partition coefficient (Wildman–Crippen LogP) is -2.37. The van der Waals surface area contributed by atoms with Crippen LogP contribution in [0.25, 0.3) is 0 Å². The van der Waals surface area contributed by atoms with Crippen LogP contribution in [-0.2, 0) is 26.8 Å². The zero-order valence-electron chi connectivity index (χ0n) is 2.56. The molecule has 1 aliphatic heterocycles. The van der Waals surface area contributed by atoms with E-state index in [0.29, 0.717) is 0 Å². The van der Waals surface area contributed by atoms with Gasteiger partial charge in [0.1, 0.15) is 0 Å². The minimum absolute atomic E-state index is 0. The Morgan fingerprint density at radius 1 is 1.14 bits per heavy atom. The van der Waals surface area contributed by atoms with Crippen molar-refractivity contribution in [2.45, 2.75) is 6.16 Å². The SMILES string of the molecule is OC1(O)OO1.[Fe].[SrH2]. The molecular weight excluding hydrogens is 219 g/mol. The first-order chi connectivity index (χ1) is 2.21. The molecule has 42 valence electrons. The van der Waals surface area contributed by atoms with E-state index < -0.39 is 6.16 Å². The zero-order valence-corrected chi connectivity index (χ0v) is 3.67. The van der Waals surface area contributed by atoms with Gasteiger partial charge in [-0.1, -0.05) is 0 Å². The maximum absolute atomic E-state index is 7.74. The Kier molecular flexibility index (Phi) is 6.29. The average Bonchev–Trinajstić information content (AvgIpc) is 1.76. The van der Waals surface area contributed by atoms with Gasteiger partial charge in [0.25, 0.3) is 0 Å². The summed E-state index contributed by atoms with van der Waals surface area (Å²) in [5.74, 6) is 0. The van der Waals surface area contributed by atoms with Gasteiger partial charge in [0.2, 0.25) is 0 Å². The third-order valence-electron chi connectivity index (χ3n) is 0.232. The molecule has 0 aromatic rings. The van der Waals surface area contributed by atoms with Crippen molar-refractivity contribution in [3.63, 3.8) is 0 Å². The Hall–Kier alpha value is 1.84. The Bertz CT molecular complexity index is 49.7. The summed E-state index contributed by atoms with van der Waals surface area (Å²) in [5, 5.41) is 15.5. The van der Waals surface area contributed by atoms with Crippen molar-refractivity contribution in [3.8, 4) is 0 Å². The van der Waals surface area contributed by atoms with E-state index in [2.05, 4.69) is 9.78 Å². The summed E-state index contributed by atoms with van der Waals surface area (Å²) in [4.78, 5) is 7.01. The van der Waals surface area contributed by atoms with Crippen LogP contribution in [-0.4, -0.2) is 61.9 Å². The summed E-state index contributed by atoms with van der Waals surface area (Å²) in [7, 11) is 0.